The number of carbonyl (C=O) groups excluding carboxylic acids is 1. The van der Waals surface area contributed by atoms with Crippen LogP contribution in [0.5, 0.6) is 11.5 Å². The summed E-state index contributed by atoms with van der Waals surface area (Å²) < 4.78 is 5.80. The Morgan fingerprint density at radius 2 is 1.43 bits per heavy atom. The van der Waals surface area contributed by atoms with E-state index in [1.807, 2.05) is 72.8 Å². The molecule has 1 aliphatic rings. The highest BCUT2D eigenvalue weighted by Crippen LogP contribution is 2.33. The molecule has 0 aliphatic heterocycles. The first-order valence-electron chi connectivity index (χ1n) is 9.46. The standard InChI is InChI=1S/C25H19NO2/c27-25(23-16-11-18-10-9-17-5-4-8-22(23)24(17)18)26-19-12-14-21(15-13-19)28-20-6-2-1-3-7-20/h1-8,11-16H,9-10H2,(H,26,27). The number of carbonyl (C=O) groups is 1. The molecule has 4 aromatic carbocycles. The van der Waals surface area contributed by atoms with E-state index in [0.717, 1.165) is 35.4 Å². The van der Waals surface area contributed by atoms with E-state index in [9.17, 15) is 4.79 Å². The zero-order valence-corrected chi connectivity index (χ0v) is 15.3. The molecule has 1 amide bonds. The number of nitrogens with one attached hydrogen (secondary N) is 1. The number of anilines is 1. The van der Waals surface area contributed by atoms with Crippen molar-refractivity contribution in [2.24, 2.45) is 0 Å². The molecule has 4 aromatic rings. The van der Waals surface area contributed by atoms with Crippen LogP contribution in [0.2, 0.25) is 0 Å². The molecule has 0 aromatic heterocycles. The van der Waals surface area contributed by atoms with Crippen molar-refractivity contribution >= 4 is 22.4 Å². The topological polar surface area (TPSA) is 38.3 Å². The van der Waals surface area contributed by atoms with Crippen LogP contribution in [0, 0.1) is 0 Å². The van der Waals surface area contributed by atoms with Crippen molar-refractivity contribution in [3.05, 3.63) is 102 Å². The highest BCUT2D eigenvalue weighted by molar-refractivity contribution is 6.14. The highest BCUT2D eigenvalue weighted by atomic mass is 16.5. The predicted octanol–water partition coefficient (Wildman–Crippen LogP) is 5.98. The number of aryl methyl sites for hydroxylation is 2. The molecule has 1 N–H and O–H groups in total. The average Bonchev–Trinajstić information content (AvgIpc) is 3.15. The van der Waals surface area contributed by atoms with Gasteiger partial charge in [-0.3, -0.25) is 4.79 Å². The molecule has 0 spiro atoms. The molecule has 0 bridgehead atoms. The molecule has 0 radical (unpaired) electrons. The Labute approximate surface area is 163 Å². The van der Waals surface area contributed by atoms with Crippen molar-refractivity contribution in [1.82, 2.24) is 0 Å². The summed E-state index contributed by atoms with van der Waals surface area (Å²) in [5.74, 6) is 1.43. The molecule has 0 heterocycles. The van der Waals surface area contributed by atoms with E-state index in [0.29, 0.717) is 5.56 Å². The van der Waals surface area contributed by atoms with Crippen molar-refractivity contribution < 1.29 is 9.53 Å². The van der Waals surface area contributed by atoms with Crippen LogP contribution in [0.15, 0.2) is 84.9 Å². The van der Waals surface area contributed by atoms with Gasteiger partial charge in [0.1, 0.15) is 11.5 Å². The van der Waals surface area contributed by atoms with Crippen LogP contribution in [0.3, 0.4) is 0 Å². The van der Waals surface area contributed by atoms with Crippen LogP contribution >= 0.6 is 0 Å². The number of rotatable bonds is 4. The number of amides is 1. The predicted molar refractivity (Wildman–Crippen MR) is 112 cm³/mol. The minimum atomic E-state index is -0.0904. The molecule has 136 valence electrons. The lowest BCUT2D eigenvalue weighted by molar-refractivity contribution is 0.102. The molecule has 0 atom stereocenters. The normalized spacial score (nSPS) is 12.1. The summed E-state index contributed by atoms with van der Waals surface area (Å²) in [6.45, 7) is 0. The van der Waals surface area contributed by atoms with Crippen LogP contribution < -0.4 is 10.1 Å². The number of para-hydroxylation sites is 1. The molecule has 5 rings (SSSR count). The summed E-state index contributed by atoms with van der Waals surface area (Å²) in [6.07, 6.45) is 2.11. The fourth-order valence-corrected chi connectivity index (χ4v) is 3.87. The van der Waals surface area contributed by atoms with Crippen LogP contribution in [0.25, 0.3) is 10.8 Å². The molecule has 0 fully saturated rings. The van der Waals surface area contributed by atoms with E-state index in [-0.39, 0.29) is 5.91 Å². The van der Waals surface area contributed by atoms with Gasteiger partial charge < -0.3 is 10.1 Å². The Hall–Kier alpha value is -3.59. The van der Waals surface area contributed by atoms with Gasteiger partial charge in [-0.15, -0.1) is 0 Å². The van der Waals surface area contributed by atoms with Gasteiger partial charge >= 0.3 is 0 Å². The number of hydrogen-bond acceptors (Lipinski definition) is 2. The smallest absolute Gasteiger partial charge is 0.256 e. The highest BCUT2D eigenvalue weighted by Gasteiger charge is 2.18. The van der Waals surface area contributed by atoms with Crippen molar-refractivity contribution in [3.8, 4) is 11.5 Å². The lowest BCUT2D eigenvalue weighted by atomic mass is 9.99. The Morgan fingerprint density at radius 1 is 0.714 bits per heavy atom. The Balaban J connectivity index is 1.37. The SMILES string of the molecule is O=C(Nc1ccc(Oc2ccccc2)cc1)c1ccc2c3c(cccc13)CC2. The van der Waals surface area contributed by atoms with Crippen LogP contribution in [-0.4, -0.2) is 5.91 Å². The van der Waals surface area contributed by atoms with Gasteiger partial charge in [-0.05, 0) is 77.2 Å². The molecule has 28 heavy (non-hydrogen) atoms. The van der Waals surface area contributed by atoms with Gasteiger partial charge in [0, 0.05) is 11.3 Å². The van der Waals surface area contributed by atoms with Gasteiger partial charge in [0.2, 0.25) is 0 Å². The number of hydrogen-bond donors (Lipinski definition) is 1. The van der Waals surface area contributed by atoms with Crippen molar-refractivity contribution in [2.45, 2.75) is 12.8 Å². The zero-order valence-electron chi connectivity index (χ0n) is 15.3. The maximum absolute atomic E-state index is 12.9. The zero-order chi connectivity index (χ0) is 18.9. The van der Waals surface area contributed by atoms with E-state index in [1.54, 1.807) is 0 Å². The lowest BCUT2D eigenvalue weighted by Gasteiger charge is -2.11. The molecule has 0 saturated carbocycles. The van der Waals surface area contributed by atoms with E-state index in [4.69, 9.17) is 4.74 Å². The van der Waals surface area contributed by atoms with Crippen molar-refractivity contribution in [2.75, 3.05) is 5.32 Å². The van der Waals surface area contributed by atoms with Crippen molar-refractivity contribution in [1.29, 1.82) is 0 Å². The second-order valence-corrected chi connectivity index (χ2v) is 7.01. The quantitative estimate of drug-likeness (QED) is 0.483. The molecular weight excluding hydrogens is 346 g/mol. The Morgan fingerprint density at radius 3 is 2.21 bits per heavy atom. The maximum Gasteiger partial charge on any atom is 0.256 e. The summed E-state index contributed by atoms with van der Waals surface area (Å²) in [5.41, 5.74) is 4.13. The third-order valence-electron chi connectivity index (χ3n) is 5.21. The molecule has 0 saturated heterocycles. The van der Waals surface area contributed by atoms with Crippen molar-refractivity contribution in [3.63, 3.8) is 0 Å². The second kappa shape index (κ2) is 6.86. The number of benzene rings is 4. The molecule has 1 aliphatic carbocycles. The fraction of sp³-hybridized carbons (Fsp3) is 0.0800. The van der Waals surface area contributed by atoms with Crippen LogP contribution in [-0.2, 0) is 12.8 Å². The summed E-state index contributed by atoms with van der Waals surface area (Å²) >= 11 is 0. The van der Waals surface area contributed by atoms with E-state index in [2.05, 4.69) is 17.4 Å². The van der Waals surface area contributed by atoms with Gasteiger partial charge in [0.25, 0.3) is 5.91 Å². The molecule has 3 heteroatoms. The Kier molecular flexibility index (Phi) is 4.06. The molecule has 0 unspecified atom stereocenters. The lowest BCUT2D eigenvalue weighted by Crippen LogP contribution is -2.12. The van der Waals surface area contributed by atoms with Gasteiger partial charge in [0.15, 0.2) is 0 Å². The van der Waals surface area contributed by atoms with Crippen LogP contribution in [0.1, 0.15) is 21.5 Å². The largest absolute Gasteiger partial charge is 0.457 e. The molecular formula is C25H19NO2. The minimum Gasteiger partial charge on any atom is -0.457 e. The Bertz CT molecular complexity index is 1150. The van der Waals surface area contributed by atoms with E-state index < -0.39 is 0 Å². The summed E-state index contributed by atoms with van der Waals surface area (Å²) in [5, 5.41) is 5.29. The summed E-state index contributed by atoms with van der Waals surface area (Å²) in [4.78, 5) is 12.9. The summed E-state index contributed by atoms with van der Waals surface area (Å²) in [6, 6.07) is 27.3. The van der Waals surface area contributed by atoms with Gasteiger partial charge in [-0.2, -0.15) is 0 Å². The van der Waals surface area contributed by atoms with Gasteiger partial charge in [-0.1, -0.05) is 42.5 Å². The first-order chi connectivity index (χ1) is 13.8. The van der Waals surface area contributed by atoms with E-state index >= 15 is 0 Å². The maximum atomic E-state index is 12.9. The monoisotopic (exact) mass is 365 g/mol. The van der Waals surface area contributed by atoms with Gasteiger partial charge in [-0.25, -0.2) is 0 Å². The third kappa shape index (κ3) is 3.01. The van der Waals surface area contributed by atoms with Crippen LogP contribution in [0.4, 0.5) is 5.69 Å². The fourth-order valence-electron chi connectivity index (χ4n) is 3.87. The van der Waals surface area contributed by atoms with E-state index in [1.165, 1.54) is 16.5 Å². The third-order valence-corrected chi connectivity index (χ3v) is 5.21. The second-order valence-electron chi connectivity index (χ2n) is 7.01. The van der Waals surface area contributed by atoms with Gasteiger partial charge in [0.05, 0.1) is 0 Å². The number of ether oxygens (including phenoxy) is 1. The first kappa shape index (κ1) is 16.6. The minimum absolute atomic E-state index is 0.0904. The first-order valence-corrected chi connectivity index (χ1v) is 9.46. The average molecular weight is 365 g/mol. The summed E-state index contributed by atoms with van der Waals surface area (Å²) in [7, 11) is 0. The molecule has 3 nitrogen and oxygen atoms in total.